The molecule has 2 unspecified atom stereocenters. The molecule has 4 heterocycles. The van der Waals surface area contributed by atoms with Crippen LogP contribution in [-0.2, 0) is 0 Å². The number of hydrogen-bond donors (Lipinski definition) is 1. The van der Waals surface area contributed by atoms with Gasteiger partial charge in [-0.15, -0.1) is 0 Å². The first kappa shape index (κ1) is 34.2. The molecule has 5 aliphatic rings. The van der Waals surface area contributed by atoms with Gasteiger partial charge in [-0.3, -0.25) is 4.48 Å². The first-order chi connectivity index (χ1) is 26.3. The number of anilines is 2. The smallest absolute Gasteiger partial charge is 0.159 e. The van der Waals surface area contributed by atoms with Crippen LogP contribution < -0.4 is 15.1 Å². The average molecular weight is 708 g/mol. The summed E-state index contributed by atoms with van der Waals surface area (Å²) in [6.07, 6.45) is 35.2. The van der Waals surface area contributed by atoms with Crippen LogP contribution in [0, 0.1) is 0 Å². The van der Waals surface area contributed by atoms with Crippen molar-refractivity contribution in [2.24, 2.45) is 0 Å². The molecule has 0 amide bonds. The Hall–Kier alpha value is -5.58. The summed E-state index contributed by atoms with van der Waals surface area (Å²) in [6.45, 7) is 1.12. The van der Waals surface area contributed by atoms with Crippen molar-refractivity contribution in [1.82, 2.24) is 5.32 Å². The summed E-state index contributed by atoms with van der Waals surface area (Å²) in [7, 11) is 8.39. The third-order valence-electron chi connectivity index (χ3n) is 12.4. The normalized spacial score (nSPS) is 23.4. The van der Waals surface area contributed by atoms with Crippen LogP contribution >= 0.6 is 0 Å². The quantitative estimate of drug-likeness (QED) is 0.201. The van der Waals surface area contributed by atoms with Crippen LogP contribution in [0.25, 0.3) is 33.7 Å². The SMILES string of the molecule is CN(C)c1ccc2cc(/C=C/C3=CNC=C4C(=C3)CCC3=C4C45CCCC[N+]4(C=CC=C5/C=C/c4ccc5cc(N(C)C)ccc5c4)C=CC3)ccc2c1. The van der Waals surface area contributed by atoms with Crippen molar-refractivity contribution in [2.75, 3.05) is 44.5 Å². The monoisotopic (exact) mass is 707 g/mol. The lowest BCUT2D eigenvalue weighted by atomic mass is 9.64. The molecule has 1 N–H and O–H groups in total. The number of rotatable bonds is 6. The van der Waals surface area contributed by atoms with Crippen molar-refractivity contribution in [3.63, 3.8) is 0 Å². The minimum Gasteiger partial charge on any atom is -0.378 e. The Morgan fingerprint density at radius 3 is 2.06 bits per heavy atom. The molecule has 0 bridgehead atoms. The standard InChI is InChI=1S/C50H51N4/c1-52(2)46-23-20-40-29-36(13-16-42(40)32-46)11-12-38-31-44-19-18-39-9-7-27-54-26-6-5-25-50(54,49(39)48(44)35-51-34-38)45(10-8-28-54)22-15-37-14-17-43-33-47(53(3)4)24-21-41(43)30-37/h7-8,10-17,20-24,27-35,51H,5-6,9,18-19,25-26H2,1-4H3/q+1/b12-11+,22-15+. The fraction of sp³-hybridized carbons (Fsp3) is 0.240. The molecule has 4 aromatic rings. The van der Waals surface area contributed by atoms with E-state index in [1.165, 1.54) is 79.2 Å². The van der Waals surface area contributed by atoms with Gasteiger partial charge in [0, 0.05) is 75.1 Å². The number of nitrogens with one attached hydrogen (secondary N) is 1. The Labute approximate surface area is 321 Å². The van der Waals surface area contributed by atoms with Gasteiger partial charge >= 0.3 is 0 Å². The van der Waals surface area contributed by atoms with E-state index in [-0.39, 0.29) is 5.54 Å². The molecular formula is C50H51N4+. The number of allylic oxidation sites excluding steroid dienone is 8. The van der Waals surface area contributed by atoms with Crippen molar-refractivity contribution in [3.05, 3.63) is 179 Å². The number of quaternary nitrogens is 1. The van der Waals surface area contributed by atoms with E-state index in [0.717, 1.165) is 36.7 Å². The molecule has 0 aromatic heterocycles. The Bertz CT molecular complexity index is 2460. The third kappa shape index (κ3) is 5.90. The third-order valence-corrected chi connectivity index (χ3v) is 12.4. The molecule has 270 valence electrons. The zero-order valence-corrected chi connectivity index (χ0v) is 32.1. The van der Waals surface area contributed by atoms with Crippen molar-refractivity contribution in [1.29, 1.82) is 0 Å². The molecule has 1 saturated heterocycles. The fourth-order valence-corrected chi connectivity index (χ4v) is 9.62. The summed E-state index contributed by atoms with van der Waals surface area (Å²) in [6, 6.07) is 27.1. The van der Waals surface area contributed by atoms with Gasteiger partial charge in [0.2, 0.25) is 0 Å². The molecule has 2 atom stereocenters. The summed E-state index contributed by atoms with van der Waals surface area (Å²) in [5, 5.41) is 8.74. The highest BCUT2D eigenvalue weighted by Crippen LogP contribution is 2.57. The van der Waals surface area contributed by atoms with Crippen molar-refractivity contribution < 1.29 is 4.48 Å². The number of hydrogen-bond acceptors (Lipinski definition) is 3. The first-order valence-electron chi connectivity index (χ1n) is 19.7. The van der Waals surface area contributed by atoms with Gasteiger partial charge in [-0.2, -0.15) is 0 Å². The molecule has 4 aliphatic heterocycles. The van der Waals surface area contributed by atoms with Crippen LogP contribution in [0.1, 0.15) is 49.7 Å². The molecule has 4 heteroatoms. The molecule has 4 aromatic carbocycles. The van der Waals surface area contributed by atoms with Crippen LogP contribution in [0.4, 0.5) is 11.4 Å². The predicted octanol–water partition coefficient (Wildman–Crippen LogP) is 11.3. The molecule has 0 radical (unpaired) electrons. The molecule has 9 rings (SSSR count). The van der Waals surface area contributed by atoms with Gasteiger partial charge in [0.05, 0.1) is 12.7 Å². The second-order valence-electron chi connectivity index (χ2n) is 16.1. The van der Waals surface area contributed by atoms with Gasteiger partial charge in [0.15, 0.2) is 5.54 Å². The topological polar surface area (TPSA) is 18.5 Å². The first-order valence-corrected chi connectivity index (χ1v) is 19.7. The number of benzene rings is 4. The average Bonchev–Trinajstić information content (AvgIpc) is 3.49. The van der Waals surface area contributed by atoms with E-state index in [2.05, 4.69) is 190 Å². The zero-order valence-electron chi connectivity index (χ0n) is 32.1. The van der Waals surface area contributed by atoms with Gasteiger partial charge in [0.1, 0.15) is 6.20 Å². The summed E-state index contributed by atoms with van der Waals surface area (Å²) in [4.78, 5) is 4.32. The molecule has 1 fully saturated rings. The second-order valence-corrected chi connectivity index (χ2v) is 16.1. The predicted molar refractivity (Wildman–Crippen MR) is 231 cm³/mol. The largest absolute Gasteiger partial charge is 0.378 e. The fourth-order valence-electron chi connectivity index (χ4n) is 9.62. The molecule has 4 nitrogen and oxygen atoms in total. The van der Waals surface area contributed by atoms with Crippen LogP contribution in [0.5, 0.6) is 0 Å². The molecule has 0 saturated carbocycles. The van der Waals surface area contributed by atoms with E-state index in [4.69, 9.17) is 0 Å². The number of fused-ring (bicyclic) bond motifs is 4. The van der Waals surface area contributed by atoms with Gasteiger partial charge in [-0.05, 0) is 137 Å². The number of nitrogens with zero attached hydrogens (tertiary/aromatic N) is 3. The molecular weight excluding hydrogens is 657 g/mol. The van der Waals surface area contributed by atoms with E-state index >= 15 is 0 Å². The van der Waals surface area contributed by atoms with Crippen LogP contribution in [0.2, 0.25) is 0 Å². The molecule has 1 aliphatic carbocycles. The Morgan fingerprint density at radius 2 is 1.35 bits per heavy atom. The van der Waals surface area contributed by atoms with E-state index in [1.54, 1.807) is 11.1 Å². The van der Waals surface area contributed by atoms with Gasteiger partial charge in [0.25, 0.3) is 0 Å². The lowest BCUT2D eigenvalue weighted by Crippen LogP contribution is -2.63. The maximum atomic E-state index is 3.67. The van der Waals surface area contributed by atoms with Crippen molar-refractivity contribution in [2.45, 2.75) is 44.1 Å². The summed E-state index contributed by atoms with van der Waals surface area (Å²) >= 11 is 0. The van der Waals surface area contributed by atoms with Gasteiger partial charge < -0.3 is 15.1 Å². The Kier molecular flexibility index (Phi) is 8.67. The molecule has 54 heavy (non-hydrogen) atoms. The number of piperidine rings is 1. The van der Waals surface area contributed by atoms with E-state index in [9.17, 15) is 0 Å². The lowest BCUT2D eigenvalue weighted by Gasteiger charge is -2.55. The maximum Gasteiger partial charge on any atom is 0.159 e. The Morgan fingerprint density at radius 1 is 0.685 bits per heavy atom. The molecule has 0 spiro atoms. The highest BCUT2D eigenvalue weighted by Gasteiger charge is 2.59. The van der Waals surface area contributed by atoms with E-state index in [0.29, 0.717) is 0 Å². The highest BCUT2D eigenvalue weighted by atomic mass is 15.4. The minimum absolute atomic E-state index is 0.172. The summed E-state index contributed by atoms with van der Waals surface area (Å²) in [5.41, 5.74) is 13.3. The van der Waals surface area contributed by atoms with Crippen molar-refractivity contribution >= 4 is 45.1 Å². The maximum absolute atomic E-state index is 3.67. The minimum atomic E-state index is -0.172. The summed E-state index contributed by atoms with van der Waals surface area (Å²) < 4.78 is 0.871. The lowest BCUT2D eigenvalue weighted by molar-refractivity contribution is -0.877. The summed E-state index contributed by atoms with van der Waals surface area (Å²) in [5.74, 6) is 0. The van der Waals surface area contributed by atoms with Crippen LogP contribution in [0.15, 0.2) is 167 Å². The van der Waals surface area contributed by atoms with Gasteiger partial charge in [-0.25, -0.2) is 0 Å². The van der Waals surface area contributed by atoms with E-state index in [1.807, 2.05) is 0 Å². The van der Waals surface area contributed by atoms with Crippen LogP contribution in [-0.4, -0.2) is 44.8 Å². The second kappa shape index (κ2) is 13.7. The van der Waals surface area contributed by atoms with Crippen LogP contribution in [0.3, 0.4) is 0 Å². The van der Waals surface area contributed by atoms with Crippen molar-refractivity contribution in [3.8, 4) is 0 Å². The van der Waals surface area contributed by atoms with E-state index < -0.39 is 0 Å². The zero-order chi connectivity index (χ0) is 36.9. The highest BCUT2D eigenvalue weighted by molar-refractivity contribution is 5.89. The van der Waals surface area contributed by atoms with Gasteiger partial charge in [-0.1, -0.05) is 66.3 Å². The Balaban J connectivity index is 1.06.